The zero-order valence-corrected chi connectivity index (χ0v) is 12.5. The largest absolute Gasteiger partial charge is 0.481 e. The summed E-state index contributed by atoms with van der Waals surface area (Å²) in [6.45, 7) is 2.76. The van der Waals surface area contributed by atoms with Crippen molar-refractivity contribution in [1.82, 2.24) is 10.2 Å². The third-order valence-electron chi connectivity index (χ3n) is 4.72. The molecule has 6 nitrogen and oxygen atoms in total. The van der Waals surface area contributed by atoms with Crippen LogP contribution in [0.4, 0.5) is 0 Å². The van der Waals surface area contributed by atoms with Crippen LogP contribution in [0.15, 0.2) is 0 Å². The number of carbonyl (C=O) groups is 3. The van der Waals surface area contributed by atoms with Crippen molar-refractivity contribution >= 4 is 17.8 Å². The number of carbonyl (C=O) groups excluding carboxylic acids is 2. The van der Waals surface area contributed by atoms with Gasteiger partial charge in [-0.3, -0.25) is 14.4 Å². The Bertz CT molecular complexity index is 416. The van der Waals surface area contributed by atoms with Crippen molar-refractivity contribution < 1.29 is 19.5 Å². The van der Waals surface area contributed by atoms with Gasteiger partial charge in [-0.25, -0.2) is 0 Å². The summed E-state index contributed by atoms with van der Waals surface area (Å²) < 4.78 is 0. The first-order valence-electron chi connectivity index (χ1n) is 7.77. The van der Waals surface area contributed by atoms with E-state index < -0.39 is 11.9 Å². The molecule has 2 amide bonds. The molecule has 2 rings (SSSR count). The molecule has 1 heterocycles. The van der Waals surface area contributed by atoms with Crippen LogP contribution in [0, 0.1) is 11.8 Å². The normalized spacial score (nSPS) is 27.2. The van der Waals surface area contributed by atoms with Crippen LogP contribution in [0.3, 0.4) is 0 Å². The van der Waals surface area contributed by atoms with Crippen LogP contribution in [0.5, 0.6) is 0 Å². The van der Waals surface area contributed by atoms with Crippen molar-refractivity contribution in [2.24, 2.45) is 11.8 Å². The van der Waals surface area contributed by atoms with E-state index in [9.17, 15) is 19.5 Å². The second kappa shape index (κ2) is 6.91. The summed E-state index contributed by atoms with van der Waals surface area (Å²) >= 11 is 0. The number of carboxylic acid groups (broad SMARTS) is 1. The first-order chi connectivity index (χ1) is 9.99. The Morgan fingerprint density at radius 1 is 1.05 bits per heavy atom. The van der Waals surface area contributed by atoms with E-state index in [1.54, 1.807) is 11.8 Å². The van der Waals surface area contributed by atoms with E-state index in [-0.39, 0.29) is 23.8 Å². The topological polar surface area (TPSA) is 86.7 Å². The van der Waals surface area contributed by atoms with Crippen molar-refractivity contribution in [3.63, 3.8) is 0 Å². The lowest BCUT2D eigenvalue weighted by molar-refractivity contribution is -0.144. The number of amides is 2. The number of rotatable bonds is 3. The molecule has 0 aromatic carbocycles. The minimum Gasteiger partial charge on any atom is -0.481 e. The smallest absolute Gasteiger partial charge is 0.308 e. The average molecular weight is 296 g/mol. The molecule has 2 aliphatic rings. The van der Waals surface area contributed by atoms with E-state index in [2.05, 4.69) is 5.32 Å². The van der Waals surface area contributed by atoms with Crippen molar-refractivity contribution in [3.8, 4) is 0 Å². The summed E-state index contributed by atoms with van der Waals surface area (Å²) in [5.74, 6) is -1.37. The molecule has 2 N–H and O–H groups in total. The minimum absolute atomic E-state index is 0.0450. The predicted octanol–water partition coefficient (Wildman–Crippen LogP) is 1.00. The molecule has 1 aliphatic heterocycles. The van der Waals surface area contributed by atoms with Crippen molar-refractivity contribution in [1.29, 1.82) is 0 Å². The van der Waals surface area contributed by atoms with Gasteiger partial charge >= 0.3 is 5.97 Å². The maximum Gasteiger partial charge on any atom is 0.308 e. The van der Waals surface area contributed by atoms with Crippen LogP contribution in [-0.2, 0) is 14.4 Å². The van der Waals surface area contributed by atoms with Gasteiger partial charge in [-0.2, -0.15) is 0 Å². The highest BCUT2D eigenvalue weighted by Gasteiger charge is 2.34. The van der Waals surface area contributed by atoms with Crippen molar-refractivity contribution in [2.75, 3.05) is 13.1 Å². The maximum atomic E-state index is 12.3. The molecule has 0 aromatic heterocycles. The lowest BCUT2D eigenvalue weighted by Crippen LogP contribution is -2.49. The van der Waals surface area contributed by atoms with Crippen molar-refractivity contribution in [2.45, 2.75) is 51.5 Å². The van der Waals surface area contributed by atoms with Gasteiger partial charge < -0.3 is 15.3 Å². The molecule has 2 atom stereocenters. The fourth-order valence-corrected chi connectivity index (χ4v) is 3.36. The Morgan fingerprint density at radius 3 is 2.24 bits per heavy atom. The van der Waals surface area contributed by atoms with E-state index in [1.165, 1.54) is 0 Å². The van der Waals surface area contributed by atoms with Gasteiger partial charge in [-0.05, 0) is 25.7 Å². The lowest BCUT2D eigenvalue weighted by atomic mass is 9.84. The Labute approximate surface area is 124 Å². The number of piperidine rings is 1. The first-order valence-corrected chi connectivity index (χ1v) is 7.77. The minimum atomic E-state index is -0.814. The standard InChI is InChI=1S/C15H24N2O4/c1-10(18)17-8-6-11(7-9-17)14(19)16-13-5-3-2-4-12(13)15(20)21/h11-13H,2-9H2,1H3,(H,16,19)(H,20,21). The Morgan fingerprint density at radius 2 is 1.67 bits per heavy atom. The maximum absolute atomic E-state index is 12.3. The molecule has 0 spiro atoms. The number of aliphatic carboxylic acids is 1. The van der Waals surface area contributed by atoms with Crippen molar-refractivity contribution in [3.05, 3.63) is 0 Å². The molecule has 6 heteroatoms. The van der Waals surface area contributed by atoms with Crippen LogP contribution >= 0.6 is 0 Å². The highest BCUT2D eigenvalue weighted by molar-refractivity contribution is 5.81. The third kappa shape index (κ3) is 3.95. The molecule has 0 radical (unpaired) electrons. The molecule has 1 aliphatic carbocycles. The molecule has 1 saturated carbocycles. The Balaban J connectivity index is 1.86. The zero-order valence-electron chi connectivity index (χ0n) is 12.5. The van der Waals surface area contributed by atoms with E-state index in [0.717, 1.165) is 19.3 Å². The van der Waals surface area contributed by atoms with Crippen LogP contribution in [-0.4, -0.2) is 46.9 Å². The first kappa shape index (κ1) is 15.8. The van der Waals surface area contributed by atoms with Crippen LogP contribution in [0.1, 0.15) is 45.4 Å². The number of carboxylic acids is 1. The predicted molar refractivity (Wildman–Crippen MR) is 76.5 cm³/mol. The van der Waals surface area contributed by atoms with Crippen LogP contribution < -0.4 is 5.32 Å². The molecular weight excluding hydrogens is 272 g/mol. The van der Waals surface area contributed by atoms with Gasteiger partial charge in [0.05, 0.1) is 5.92 Å². The Kier molecular flexibility index (Phi) is 5.20. The summed E-state index contributed by atoms with van der Waals surface area (Å²) in [4.78, 5) is 36.6. The van der Waals surface area contributed by atoms with Gasteiger partial charge in [0.15, 0.2) is 0 Å². The highest BCUT2D eigenvalue weighted by atomic mass is 16.4. The molecule has 21 heavy (non-hydrogen) atoms. The summed E-state index contributed by atoms with van der Waals surface area (Å²) in [6.07, 6.45) is 4.60. The van der Waals surface area contributed by atoms with Crippen LogP contribution in [0.2, 0.25) is 0 Å². The summed E-state index contributed by atoms with van der Waals surface area (Å²) in [7, 11) is 0. The van der Waals surface area contributed by atoms with E-state index in [4.69, 9.17) is 0 Å². The quantitative estimate of drug-likeness (QED) is 0.813. The molecule has 0 bridgehead atoms. The number of likely N-dealkylation sites (tertiary alicyclic amines) is 1. The molecule has 1 saturated heterocycles. The summed E-state index contributed by atoms with van der Waals surface area (Å²) in [6, 6.07) is -0.241. The fraction of sp³-hybridized carbons (Fsp3) is 0.800. The fourth-order valence-electron chi connectivity index (χ4n) is 3.36. The second-order valence-corrected chi connectivity index (χ2v) is 6.12. The molecule has 2 fully saturated rings. The zero-order chi connectivity index (χ0) is 15.4. The Hall–Kier alpha value is -1.59. The summed E-state index contributed by atoms with van der Waals surface area (Å²) in [5.41, 5.74) is 0. The van der Waals surface area contributed by atoms with Gasteiger partial charge in [-0.1, -0.05) is 12.8 Å². The van der Waals surface area contributed by atoms with E-state index >= 15 is 0 Å². The van der Waals surface area contributed by atoms with Crippen LogP contribution in [0.25, 0.3) is 0 Å². The molecule has 118 valence electrons. The number of nitrogens with zero attached hydrogens (tertiary/aromatic N) is 1. The summed E-state index contributed by atoms with van der Waals surface area (Å²) in [5, 5.41) is 12.2. The monoisotopic (exact) mass is 296 g/mol. The second-order valence-electron chi connectivity index (χ2n) is 6.12. The highest BCUT2D eigenvalue weighted by Crippen LogP contribution is 2.26. The van der Waals surface area contributed by atoms with Gasteiger partial charge in [0.25, 0.3) is 0 Å². The van der Waals surface area contributed by atoms with Gasteiger partial charge in [-0.15, -0.1) is 0 Å². The number of hydrogen-bond acceptors (Lipinski definition) is 3. The molecule has 0 aromatic rings. The van der Waals surface area contributed by atoms with Gasteiger partial charge in [0.1, 0.15) is 0 Å². The average Bonchev–Trinajstić information content (AvgIpc) is 2.47. The number of nitrogens with one attached hydrogen (secondary N) is 1. The van der Waals surface area contributed by atoms with Gasteiger partial charge in [0.2, 0.25) is 11.8 Å². The SMILES string of the molecule is CC(=O)N1CCC(C(=O)NC2CCCCC2C(=O)O)CC1. The van der Waals surface area contributed by atoms with Gasteiger partial charge in [0, 0.05) is 32.0 Å². The van der Waals surface area contributed by atoms with E-state index in [0.29, 0.717) is 32.4 Å². The lowest BCUT2D eigenvalue weighted by Gasteiger charge is -2.34. The molecule has 2 unspecified atom stereocenters. The third-order valence-corrected chi connectivity index (χ3v) is 4.72. The van der Waals surface area contributed by atoms with E-state index in [1.807, 2.05) is 0 Å². The number of hydrogen-bond donors (Lipinski definition) is 2. The molecular formula is C15H24N2O4.